The second kappa shape index (κ2) is 8.59. The monoisotopic (exact) mass is 426 g/mol. The summed E-state index contributed by atoms with van der Waals surface area (Å²) in [5.41, 5.74) is 0.254. The summed E-state index contributed by atoms with van der Waals surface area (Å²) in [6, 6.07) is 16.5. The lowest BCUT2D eigenvalue weighted by atomic mass is 10.0. The quantitative estimate of drug-likeness (QED) is 0.690. The van der Waals surface area contributed by atoms with Crippen molar-refractivity contribution in [3.8, 4) is 11.5 Å². The number of nitrogens with zero attached hydrogens (tertiary/aromatic N) is 2. The maximum Gasteiger partial charge on any atom is 0.387 e. The molecule has 0 bridgehead atoms. The van der Waals surface area contributed by atoms with Crippen molar-refractivity contribution in [2.45, 2.75) is 6.61 Å². The summed E-state index contributed by atoms with van der Waals surface area (Å²) < 4.78 is 29.7. The van der Waals surface area contributed by atoms with Crippen molar-refractivity contribution in [2.24, 2.45) is 0 Å². The van der Waals surface area contributed by atoms with Crippen molar-refractivity contribution < 1.29 is 28.2 Å². The maximum absolute atomic E-state index is 12.9. The van der Waals surface area contributed by atoms with E-state index >= 15 is 0 Å². The first kappa shape index (κ1) is 20.6. The third kappa shape index (κ3) is 4.28. The topological polar surface area (TPSA) is 70.1 Å². The Morgan fingerprint density at radius 3 is 1.94 bits per heavy atom. The molecule has 160 valence electrons. The molecule has 0 saturated carbocycles. The first-order chi connectivity index (χ1) is 14.9. The molecule has 4 rings (SSSR count). The van der Waals surface area contributed by atoms with Crippen molar-refractivity contribution in [3.05, 3.63) is 71.8 Å². The van der Waals surface area contributed by atoms with Gasteiger partial charge < -0.3 is 19.6 Å². The lowest BCUT2D eigenvalue weighted by molar-refractivity contribution is -0.0503. The number of rotatable bonds is 4. The molecule has 31 heavy (non-hydrogen) atoms. The lowest BCUT2D eigenvalue weighted by Gasteiger charge is -2.35. The number of para-hydroxylation sites is 1. The molecule has 3 aromatic carbocycles. The molecule has 0 aromatic heterocycles. The van der Waals surface area contributed by atoms with Crippen LogP contribution in [0.5, 0.6) is 11.5 Å². The zero-order valence-corrected chi connectivity index (χ0v) is 16.5. The number of fused-ring (bicyclic) bond motifs is 1. The Morgan fingerprint density at radius 2 is 1.32 bits per heavy atom. The highest BCUT2D eigenvalue weighted by Gasteiger charge is 2.28. The number of amides is 2. The Bertz CT molecular complexity index is 1130. The molecule has 3 aromatic rings. The molecule has 1 fully saturated rings. The zero-order valence-electron chi connectivity index (χ0n) is 16.5. The molecule has 0 aliphatic carbocycles. The predicted molar refractivity (Wildman–Crippen MR) is 110 cm³/mol. The molecule has 1 heterocycles. The lowest BCUT2D eigenvalue weighted by Crippen LogP contribution is -2.50. The van der Waals surface area contributed by atoms with Crippen LogP contribution in [0.2, 0.25) is 0 Å². The highest BCUT2D eigenvalue weighted by atomic mass is 19.3. The van der Waals surface area contributed by atoms with Crippen LogP contribution in [0.4, 0.5) is 8.78 Å². The van der Waals surface area contributed by atoms with Gasteiger partial charge in [0.25, 0.3) is 11.8 Å². The number of halogens is 2. The van der Waals surface area contributed by atoms with Crippen LogP contribution in [0.1, 0.15) is 20.7 Å². The van der Waals surface area contributed by atoms with E-state index in [1.54, 1.807) is 23.1 Å². The summed E-state index contributed by atoms with van der Waals surface area (Å²) in [5, 5.41) is 12.0. The van der Waals surface area contributed by atoms with Crippen molar-refractivity contribution in [3.63, 3.8) is 0 Å². The Balaban J connectivity index is 1.46. The van der Waals surface area contributed by atoms with Crippen LogP contribution < -0.4 is 4.74 Å². The van der Waals surface area contributed by atoms with Crippen molar-refractivity contribution in [1.29, 1.82) is 0 Å². The SMILES string of the molecule is O=C(c1cc2ccccc2cc1O)N1CCN(C(=O)c2ccccc2OC(F)F)CC1. The molecule has 1 aliphatic heterocycles. The van der Waals surface area contributed by atoms with Crippen LogP contribution >= 0.6 is 0 Å². The predicted octanol–water partition coefficient (Wildman–Crippen LogP) is 3.75. The molecule has 1 aliphatic rings. The number of benzene rings is 3. The minimum absolute atomic E-state index is 0.0507. The fourth-order valence-electron chi connectivity index (χ4n) is 3.69. The standard InChI is InChI=1S/C23H20F2N2O4/c24-23(25)31-20-8-4-3-7-17(20)21(29)26-9-11-27(12-10-26)22(30)18-13-15-5-1-2-6-16(15)14-19(18)28/h1-8,13-14,23,28H,9-12H2. The Labute approximate surface area is 177 Å². The van der Waals surface area contributed by atoms with E-state index < -0.39 is 12.5 Å². The first-order valence-electron chi connectivity index (χ1n) is 9.78. The van der Waals surface area contributed by atoms with E-state index in [1.165, 1.54) is 23.1 Å². The number of alkyl halides is 2. The molecule has 1 N–H and O–H groups in total. The molecule has 2 amide bonds. The van der Waals surface area contributed by atoms with Crippen LogP contribution in [-0.4, -0.2) is 59.5 Å². The van der Waals surface area contributed by atoms with Crippen molar-refractivity contribution in [1.82, 2.24) is 9.80 Å². The smallest absolute Gasteiger partial charge is 0.387 e. The van der Waals surface area contributed by atoms with E-state index in [0.717, 1.165) is 10.8 Å². The minimum Gasteiger partial charge on any atom is -0.507 e. The number of aromatic hydroxyl groups is 1. The summed E-state index contributed by atoms with van der Waals surface area (Å²) in [6.45, 7) is -2.04. The van der Waals surface area contributed by atoms with Crippen LogP contribution in [-0.2, 0) is 0 Å². The normalized spacial score (nSPS) is 14.2. The van der Waals surface area contributed by atoms with Crippen LogP contribution in [0.3, 0.4) is 0 Å². The van der Waals surface area contributed by atoms with Gasteiger partial charge in [-0.3, -0.25) is 9.59 Å². The first-order valence-corrected chi connectivity index (χ1v) is 9.78. The Morgan fingerprint density at radius 1 is 0.806 bits per heavy atom. The van der Waals surface area contributed by atoms with Gasteiger partial charge in [-0.25, -0.2) is 0 Å². The summed E-state index contributed by atoms with van der Waals surface area (Å²) in [5.74, 6) is -1.03. The molecule has 1 saturated heterocycles. The van der Waals surface area contributed by atoms with Gasteiger partial charge in [-0.1, -0.05) is 36.4 Å². The molecular formula is C23H20F2N2O4. The van der Waals surface area contributed by atoms with Gasteiger partial charge in [-0.05, 0) is 35.0 Å². The average Bonchev–Trinajstić information content (AvgIpc) is 2.78. The van der Waals surface area contributed by atoms with Crippen LogP contribution in [0.25, 0.3) is 10.8 Å². The fraction of sp³-hybridized carbons (Fsp3) is 0.217. The van der Waals surface area contributed by atoms with Crippen LogP contribution in [0.15, 0.2) is 60.7 Å². The summed E-state index contributed by atoms with van der Waals surface area (Å²) in [7, 11) is 0. The summed E-state index contributed by atoms with van der Waals surface area (Å²) in [6.07, 6.45) is 0. The number of ether oxygens (including phenoxy) is 1. The van der Waals surface area contributed by atoms with Gasteiger partial charge in [0.2, 0.25) is 0 Å². The number of phenolic OH excluding ortho intramolecular Hbond substituents is 1. The van der Waals surface area contributed by atoms with E-state index in [0.29, 0.717) is 0 Å². The summed E-state index contributed by atoms with van der Waals surface area (Å²) >= 11 is 0. The second-order valence-corrected chi connectivity index (χ2v) is 7.18. The van der Waals surface area contributed by atoms with E-state index in [1.807, 2.05) is 24.3 Å². The largest absolute Gasteiger partial charge is 0.507 e. The minimum atomic E-state index is -3.03. The third-order valence-electron chi connectivity index (χ3n) is 5.28. The van der Waals surface area contributed by atoms with Crippen molar-refractivity contribution >= 4 is 22.6 Å². The second-order valence-electron chi connectivity index (χ2n) is 7.18. The van der Waals surface area contributed by atoms with Gasteiger partial charge in [0.15, 0.2) is 0 Å². The van der Waals surface area contributed by atoms with E-state index in [9.17, 15) is 23.5 Å². The molecule has 0 spiro atoms. The highest BCUT2D eigenvalue weighted by molar-refractivity contribution is 6.02. The number of hydrogen-bond donors (Lipinski definition) is 1. The van der Waals surface area contributed by atoms with Crippen LogP contribution in [0, 0.1) is 0 Å². The number of piperazine rings is 1. The number of carbonyl (C=O) groups is 2. The van der Waals surface area contributed by atoms with E-state index in [-0.39, 0.29) is 54.7 Å². The molecule has 8 heteroatoms. The maximum atomic E-state index is 12.9. The average molecular weight is 426 g/mol. The van der Waals surface area contributed by atoms with Gasteiger partial charge in [0.1, 0.15) is 11.5 Å². The molecule has 0 radical (unpaired) electrons. The van der Waals surface area contributed by atoms with Gasteiger partial charge in [-0.2, -0.15) is 8.78 Å². The molecule has 6 nitrogen and oxygen atoms in total. The summed E-state index contributed by atoms with van der Waals surface area (Å²) in [4.78, 5) is 28.8. The van der Waals surface area contributed by atoms with Gasteiger partial charge in [0.05, 0.1) is 11.1 Å². The third-order valence-corrected chi connectivity index (χ3v) is 5.28. The van der Waals surface area contributed by atoms with Crippen molar-refractivity contribution in [2.75, 3.05) is 26.2 Å². The van der Waals surface area contributed by atoms with Gasteiger partial charge >= 0.3 is 6.61 Å². The zero-order chi connectivity index (χ0) is 22.0. The van der Waals surface area contributed by atoms with Gasteiger partial charge in [-0.15, -0.1) is 0 Å². The highest BCUT2D eigenvalue weighted by Crippen LogP contribution is 2.27. The van der Waals surface area contributed by atoms with Gasteiger partial charge in [0, 0.05) is 26.2 Å². The molecule has 0 unspecified atom stereocenters. The Hall–Kier alpha value is -3.68. The molecular weight excluding hydrogens is 406 g/mol. The van der Waals surface area contributed by atoms with E-state index in [4.69, 9.17) is 0 Å². The number of hydrogen-bond acceptors (Lipinski definition) is 4. The number of phenols is 1. The Kier molecular flexibility index (Phi) is 5.70. The number of carbonyl (C=O) groups excluding carboxylic acids is 2. The molecule has 0 atom stereocenters. The fourth-order valence-corrected chi connectivity index (χ4v) is 3.69. The van der Waals surface area contributed by atoms with E-state index in [2.05, 4.69) is 4.74 Å².